The van der Waals surface area contributed by atoms with Crippen LogP contribution in [0.25, 0.3) is 11.3 Å². The number of nitriles is 1. The second-order valence-electron chi connectivity index (χ2n) is 6.73. The highest BCUT2D eigenvalue weighted by Crippen LogP contribution is 2.20. The lowest BCUT2D eigenvalue weighted by atomic mass is 10.1. The van der Waals surface area contributed by atoms with Crippen molar-refractivity contribution in [3.05, 3.63) is 76.1 Å². The van der Waals surface area contributed by atoms with Crippen LogP contribution in [0.2, 0.25) is 0 Å². The molecule has 0 radical (unpaired) electrons. The highest BCUT2D eigenvalue weighted by molar-refractivity contribution is 5.83. The quantitative estimate of drug-likeness (QED) is 0.474. The monoisotopic (exact) mass is 387 g/mol. The van der Waals surface area contributed by atoms with Gasteiger partial charge in [-0.1, -0.05) is 56.3 Å². The summed E-state index contributed by atoms with van der Waals surface area (Å²) in [5.41, 5.74) is 3.92. The zero-order chi connectivity index (χ0) is 20.6. The van der Waals surface area contributed by atoms with Crippen LogP contribution in [0, 0.1) is 17.2 Å². The minimum absolute atomic E-state index is 0.0434. The molecule has 0 aliphatic heterocycles. The molecule has 0 amide bonds. The molecule has 0 spiro atoms. The standard InChI is InChI=1S/C22H21N5O2/c1-15(2)14-29-19-11-7-6-10-17(19)13-24-27-22-25-20(16-8-4-3-5-9-16)18(12-23)21(28)26-22/h3-11,13,15H,14H2,1-2H3,(H2,25,26,27,28). The van der Waals surface area contributed by atoms with Crippen LogP contribution >= 0.6 is 0 Å². The molecule has 0 saturated carbocycles. The first-order valence-electron chi connectivity index (χ1n) is 9.19. The molecule has 2 N–H and O–H groups in total. The van der Waals surface area contributed by atoms with Crippen LogP contribution in [-0.2, 0) is 0 Å². The van der Waals surface area contributed by atoms with Crippen molar-refractivity contribution in [2.24, 2.45) is 11.0 Å². The van der Waals surface area contributed by atoms with E-state index in [4.69, 9.17) is 4.74 Å². The molecule has 7 nitrogen and oxygen atoms in total. The molecule has 0 fully saturated rings. The van der Waals surface area contributed by atoms with E-state index >= 15 is 0 Å². The van der Waals surface area contributed by atoms with Crippen LogP contribution in [-0.4, -0.2) is 22.8 Å². The van der Waals surface area contributed by atoms with Crippen molar-refractivity contribution < 1.29 is 4.74 Å². The van der Waals surface area contributed by atoms with E-state index in [0.717, 1.165) is 11.3 Å². The van der Waals surface area contributed by atoms with E-state index in [-0.39, 0.29) is 11.5 Å². The Morgan fingerprint density at radius 1 is 1.21 bits per heavy atom. The lowest BCUT2D eigenvalue weighted by molar-refractivity contribution is 0.271. The number of aromatic amines is 1. The van der Waals surface area contributed by atoms with Crippen molar-refractivity contribution in [1.29, 1.82) is 5.26 Å². The number of rotatable bonds is 7. The lowest BCUT2D eigenvalue weighted by Crippen LogP contribution is -2.16. The molecular formula is C22H21N5O2. The Kier molecular flexibility index (Phi) is 6.38. The van der Waals surface area contributed by atoms with Crippen LogP contribution < -0.4 is 15.7 Å². The van der Waals surface area contributed by atoms with Crippen LogP contribution in [0.15, 0.2) is 64.5 Å². The van der Waals surface area contributed by atoms with Crippen LogP contribution in [0.5, 0.6) is 5.75 Å². The van der Waals surface area contributed by atoms with Gasteiger partial charge in [0.15, 0.2) is 0 Å². The van der Waals surface area contributed by atoms with E-state index in [1.54, 1.807) is 18.3 Å². The molecule has 1 heterocycles. The van der Waals surface area contributed by atoms with Crippen molar-refractivity contribution in [2.75, 3.05) is 12.0 Å². The fourth-order valence-corrected chi connectivity index (χ4v) is 2.57. The molecule has 2 aromatic carbocycles. The fourth-order valence-electron chi connectivity index (χ4n) is 2.57. The van der Waals surface area contributed by atoms with Gasteiger partial charge in [0.05, 0.1) is 18.5 Å². The SMILES string of the molecule is CC(C)COc1ccccc1C=NNc1nc(-c2ccccc2)c(C#N)c(=O)[nH]1. The fraction of sp³-hybridized carbons (Fsp3) is 0.182. The molecule has 3 rings (SSSR count). The highest BCUT2D eigenvalue weighted by Gasteiger charge is 2.12. The van der Waals surface area contributed by atoms with Crippen molar-refractivity contribution in [1.82, 2.24) is 9.97 Å². The maximum Gasteiger partial charge on any atom is 0.270 e. The van der Waals surface area contributed by atoms with Gasteiger partial charge >= 0.3 is 0 Å². The summed E-state index contributed by atoms with van der Waals surface area (Å²) in [6.45, 7) is 4.76. The Morgan fingerprint density at radius 3 is 2.66 bits per heavy atom. The predicted molar refractivity (Wildman–Crippen MR) is 113 cm³/mol. The molecule has 0 aliphatic rings. The molecule has 0 atom stereocenters. The number of hydrazone groups is 1. The molecule has 1 aromatic heterocycles. The van der Waals surface area contributed by atoms with Crippen molar-refractivity contribution in [3.63, 3.8) is 0 Å². The van der Waals surface area contributed by atoms with Crippen molar-refractivity contribution in [2.45, 2.75) is 13.8 Å². The number of para-hydroxylation sites is 1. The molecule has 0 aliphatic carbocycles. The van der Waals surface area contributed by atoms with E-state index in [9.17, 15) is 10.1 Å². The first-order valence-corrected chi connectivity index (χ1v) is 9.19. The number of anilines is 1. The van der Waals surface area contributed by atoms with Gasteiger partial charge in [-0.15, -0.1) is 0 Å². The third kappa shape index (κ3) is 5.08. The van der Waals surface area contributed by atoms with Crippen LogP contribution in [0.1, 0.15) is 25.0 Å². The Bertz CT molecular complexity index is 1100. The van der Waals surface area contributed by atoms with Gasteiger partial charge in [0, 0.05) is 11.1 Å². The minimum Gasteiger partial charge on any atom is -0.493 e. The van der Waals surface area contributed by atoms with E-state index in [1.165, 1.54) is 0 Å². The molecule has 0 unspecified atom stereocenters. The van der Waals surface area contributed by atoms with Crippen molar-refractivity contribution in [3.8, 4) is 23.1 Å². The van der Waals surface area contributed by atoms with Gasteiger partial charge in [0.2, 0.25) is 5.95 Å². The van der Waals surface area contributed by atoms with Gasteiger partial charge in [0.1, 0.15) is 17.4 Å². The zero-order valence-corrected chi connectivity index (χ0v) is 16.2. The maximum absolute atomic E-state index is 12.3. The Labute approximate surface area is 168 Å². The molecule has 7 heteroatoms. The van der Waals surface area contributed by atoms with Crippen LogP contribution in [0.3, 0.4) is 0 Å². The molecular weight excluding hydrogens is 366 g/mol. The highest BCUT2D eigenvalue weighted by atomic mass is 16.5. The summed E-state index contributed by atoms with van der Waals surface area (Å²) in [4.78, 5) is 19.2. The average Bonchev–Trinajstić information content (AvgIpc) is 2.73. The summed E-state index contributed by atoms with van der Waals surface area (Å²) >= 11 is 0. The smallest absolute Gasteiger partial charge is 0.270 e. The summed E-state index contributed by atoms with van der Waals surface area (Å²) in [6, 6.07) is 18.5. The summed E-state index contributed by atoms with van der Waals surface area (Å²) < 4.78 is 5.80. The Hall–Kier alpha value is -3.92. The third-order valence-corrected chi connectivity index (χ3v) is 3.94. The number of hydrogen-bond donors (Lipinski definition) is 2. The number of nitrogens with zero attached hydrogens (tertiary/aromatic N) is 3. The summed E-state index contributed by atoms with van der Waals surface area (Å²) in [5, 5.41) is 13.5. The minimum atomic E-state index is -0.528. The Balaban J connectivity index is 1.84. The third-order valence-electron chi connectivity index (χ3n) is 3.94. The van der Waals surface area contributed by atoms with E-state index in [0.29, 0.717) is 23.8 Å². The number of ether oxygens (including phenoxy) is 1. The van der Waals surface area contributed by atoms with E-state index in [2.05, 4.69) is 34.3 Å². The summed E-state index contributed by atoms with van der Waals surface area (Å²) in [5.74, 6) is 1.27. The molecule has 3 aromatic rings. The number of benzene rings is 2. The maximum atomic E-state index is 12.3. The number of H-pyrrole nitrogens is 1. The van der Waals surface area contributed by atoms with Gasteiger partial charge < -0.3 is 4.74 Å². The predicted octanol–water partition coefficient (Wildman–Crippen LogP) is 3.79. The van der Waals surface area contributed by atoms with Gasteiger partial charge in [-0.3, -0.25) is 9.78 Å². The normalized spacial score (nSPS) is 10.8. The number of hydrogen-bond acceptors (Lipinski definition) is 6. The molecule has 29 heavy (non-hydrogen) atoms. The lowest BCUT2D eigenvalue weighted by Gasteiger charge is -2.10. The van der Waals surface area contributed by atoms with Gasteiger partial charge in [-0.05, 0) is 18.1 Å². The second kappa shape index (κ2) is 9.33. The van der Waals surface area contributed by atoms with E-state index in [1.807, 2.05) is 48.5 Å². The Morgan fingerprint density at radius 2 is 1.93 bits per heavy atom. The van der Waals surface area contributed by atoms with Gasteiger partial charge in [-0.25, -0.2) is 10.4 Å². The first-order chi connectivity index (χ1) is 14.1. The second-order valence-corrected chi connectivity index (χ2v) is 6.73. The first kappa shape index (κ1) is 19.8. The van der Waals surface area contributed by atoms with Crippen LogP contribution in [0.4, 0.5) is 5.95 Å². The van der Waals surface area contributed by atoms with Gasteiger partial charge in [-0.2, -0.15) is 10.4 Å². The molecule has 146 valence electrons. The average molecular weight is 387 g/mol. The molecule has 0 bridgehead atoms. The largest absolute Gasteiger partial charge is 0.493 e. The van der Waals surface area contributed by atoms with Gasteiger partial charge in [0.25, 0.3) is 5.56 Å². The zero-order valence-electron chi connectivity index (χ0n) is 16.2. The summed E-state index contributed by atoms with van der Waals surface area (Å²) in [6.07, 6.45) is 1.59. The molecule has 0 saturated heterocycles. The number of nitrogens with one attached hydrogen (secondary N) is 2. The van der Waals surface area contributed by atoms with Crippen molar-refractivity contribution >= 4 is 12.2 Å². The number of aromatic nitrogens is 2. The summed E-state index contributed by atoms with van der Waals surface area (Å²) in [7, 11) is 0. The van der Waals surface area contributed by atoms with E-state index < -0.39 is 5.56 Å². The topological polar surface area (TPSA) is 103 Å².